The Kier molecular flexibility index (Phi) is 5.61. The first-order valence-corrected chi connectivity index (χ1v) is 8.12. The lowest BCUT2D eigenvalue weighted by atomic mass is 10.3. The van der Waals surface area contributed by atoms with E-state index in [9.17, 15) is 0 Å². The largest absolute Gasteiger partial charge is 0.378 e. The topological polar surface area (TPSA) is 33.1 Å². The second-order valence-electron chi connectivity index (χ2n) is 4.90. The van der Waals surface area contributed by atoms with Gasteiger partial charge in [-0.05, 0) is 37.0 Å². The molecule has 0 bridgehead atoms. The molecule has 110 valence electrons. The molecule has 4 nitrogen and oxygen atoms in total. The van der Waals surface area contributed by atoms with Gasteiger partial charge in [0.15, 0.2) is 0 Å². The van der Waals surface area contributed by atoms with Crippen molar-refractivity contribution in [1.29, 1.82) is 0 Å². The zero-order chi connectivity index (χ0) is 14.4. The molecule has 1 N–H and O–H groups in total. The smallest absolute Gasteiger partial charge is 0.0729 e. The summed E-state index contributed by atoms with van der Waals surface area (Å²) in [6.07, 6.45) is 4.00. The molecule has 0 atom stereocenters. The van der Waals surface area contributed by atoms with Gasteiger partial charge in [-0.25, -0.2) is 0 Å². The molecule has 0 aliphatic rings. The van der Waals surface area contributed by atoms with Gasteiger partial charge in [0.25, 0.3) is 0 Å². The highest BCUT2D eigenvalue weighted by atomic mass is 32.1. The number of anilines is 1. The summed E-state index contributed by atoms with van der Waals surface area (Å²) in [6, 6.07) is 2.16. The van der Waals surface area contributed by atoms with Gasteiger partial charge in [-0.3, -0.25) is 4.68 Å². The normalized spacial score (nSPS) is 11.2. The first-order valence-electron chi connectivity index (χ1n) is 7.24. The van der Waals surface area contributed by atoms with E-state index in [2.05, 4.69) is 53.7 Å². The molecule has 2 aromatic heterocycles. The minimum absolute atomic E-state index is 0.880. The Labute approximate surface area is 125 Å². The Balaban J connectivity index is 1.81. The zero-order valence-electron chi connectivity index (χ0n) is 12.6. The number of likely N-dealkylation sites (N-methyl/N-ethyl adjacent to an activating group) is 1. The SMILES string of the molecule is CCN(CC)CCn1cc(NCc2sccc2C)cn1. The minimum Gasteiger partial charge on any atom is -0.378 e. The van der Waals surface area contributed by atoms with Crippen LogP contribution in [0.4, 0.5) is 5.69 Å². The molecule has 0 aliphatic carbocycles. The lowest BCUT2D eigenvalue weighted by Crippen LogP contribution is -2.27. The molecule has 0 fully saturated rings. The van der Waals surface area contributed by atoms with E-state index in [0.29, 0.717) is 0 Å². The Bertz CT molecular complexity index is 513. The summed E-state index contributed by atoms with van der Waals surface area (Å²) >= 11 is 1.80. The first-order chi connectivity index (χ1) is 9.72. The molecule has 0 radical (unpaired) electrons. The fraction of sp³-hybridized carbons (Fsp3) is 0.533. The fourth-order valence-corrected chi connectivity index (χ4v) is 2.97. The quantitative estimate of drug-likeness (QED) is 0.811. The Morgan fingerprint density at radius 2 is 2.15 bits per heavy atom. The van der Waals surface area contributed by atoms with Crippen LogP contribution in [0.25, 0.3) is 0 Å². The maximum absolute atomic E-state index is 4.41. The second kappa shape index (κ2) is 7.45. The van der Waals surface area contributed by atoms with Gasteiger partial charge in [0.1, 0.15) is 0 Å². The highest BCUT2D eigenvalue weighted by molar-refractivity contribution is 7.10. The van der Waals surface area contributed by atoms with Crippen molar-refractivity contribution in [3.05, 3.63) is 34.3 Å². The van der Waals surface area contributed by atoms with Gasteiger partial charge in [-0.15, -0.1) is 11.3 Å². The number of thiophene rings is 1. The number of aryl methyl sites for hydroxylation is 1. The summed E-state index contributed by atoms with van der Waals surface area (Å²) in [4.78, 5) is 3.80. The molecule has 0 unspecified atom stereocenters. The number of hydrogen-bond acceptors (Lipinski definition) is 4. The van der Waals surface area contributed by atoms with E-state index in [0.717, 1.165) is 38.4 Å². The molecular weight excluding hydrogens is 268 g/mol. The highest BCUT2D eigenvalue weighted by Crippen LogP contribution is 2.17. The van der Waals surface area contributed by atoms with E-state index in [1.54, 1.807) is 11.3 Å². The van der Waals surface area contributed by atoms with Gasteiger partial charge in [0, 0.05) is 24.2 Å². The Morgan fingerprint density at radius 1 is 1.35 bits per heavy atom. The summed E-state index contributed by atoms with van der Waals surface area (Å²) < 4.78 is 2.02. The van der Waals surface area contributed by atoms with E-state index in [1.807, 2.05) is 10.9 Å². The average molecular weight is 292 g/mol. The maximum atomic E-state index is 4.41. The van der Waals surface area contributed by atoms with Crippen LogP contribution in [-0.2, 0) is 13.1 Å². The predicted octanol–water partition coefficient (Wildman–Crippen LogP) is 3.21. The van der Waals surface area contributed by atoms with Gasteiger partial charge in [0.2, 0.25) is 0 Å². The van der Waals surface area contributed by atoms with Crippen LogP contribution in [0.1, 0.15) is 24.3 Å². The Hall–Kier alpha value is -1.33. The average Bonchev–Trinajstić information content (AvgIpc) is 3.07. The third-order valence-electron chi connectivity index (χ3n) is 3.59. The molecule has 0 aromatic carbocycles. The second-order valence-corrected chi connectivity index (χ2v) is 5.90. The zero-order valence-corrected chi connectivity index (χ0v) is 13.4. The van der Waals surface area contributed by atoms with Crippen molar-refractivity contribution < 1.29 is 0 Å². The van der Waals surface area contributed by atoms with Gasteiger partial charge < -0.3 is 10.2 Å². The number of hydrogen-bond donors (Lipinski definition) is 1. The summed E-state index contributed by atoms with van der Waals surface area (Å²) in [6.45, 7) is 11.6. The summed E-state index contributed by atoms with van der Waals surface area (Å²) in [7, 11) is 0. The van der Waals surface area contributed by atoms with Crippen molar-refractivity contribution in [2.75, 3.05) is 25.0 Å². The minimum atomic E-state index is 0.880. The van der Waals surface area contributed by atoms with Crippen molar-refractivity contribution in [2.45, 2.75) is 33.9 Å². The maximum Gasteiger partial charge on any atom is 0.0729 e. The molecule has 2 heterocycles. The lowest BCUT2D eigenvalue weighted by molar-refractivity contribution is 0.285. The van der Waals surface area contributed by atoms with Crippen LogP contribution >= 0.6 is 11.3 Å². The molecule has 0 aliphatic heterocycles. The van der Waals surface area contributed by atoms with E-state index in [1.165, 1.54) is 10.4 Å². The van der Waals surface area contributed by atoms with Gasteiger partial charge in [-0.1, -0.05) is 13.8 Å². The Morgan fingerprint density at radius 3 is 2.80 bits per heavy atom. The standard InChI is InChI=1S/C15H24N4S/c1-4-18(5-2)7-8-19-12-14(10-17-19)16-11-15-13(3)6-9-20-15/h6,9-10,12,16H,4-5,7-8,11H2,1-3H3. The molecule has 5 heteroatoms. The van der Waals surface area contributed by atoms with Crippen LogP contribution < -0.4 is 5.32 Å². The third kappa shape index (κ3) is 4.08. The molecule has 0 saturated carbocycles. The van der Waals surface area contributed by atoms with E-state index in [4.69, 9.17) is 0 Å². The van der Waals surface area contributed by atoms with Crippen LogP contribution in [0.3, 0.4) is 0 Å². The van der Waals surface area contributed by atoms with Crippen molar-refractivity contribution in [3.63, 3.8) is 0 Å². The van der Waals surface area contributed by atoms with Crippen LogP contribution in [0, 0.1) is 6.92 Å². The third-order valence-corrected chi connectivity index (χ3v) is 4.62. The summed E-state index contributed by atoms with van der Waals surface area (Å²) in [5, 5.41) is 9.99. The number of nitrogens with one attached hydrogen (secondary N) is 1. The van der Waals surface area contributed by atoms with E-state index in [-0.39, 0.29) is 0 Å². The molecular formula is C15H24N4S. The monoisotopic (exact) mass is 292 g/mol. The summed E-state index contributed by atoms with van der Waals surface area (Å²) in [5.74, 6) is 0. The highest BCUT2D eigenvalue weighted by Gasteiger charge is 2.03. The number of nitrogens with zero attached hydrogens (tertiary/aromatic N) is 3. The van der Waals surface area contributed by atoms with Gasteiger partial charge >= 0.3 is 0 Å². The van der Waals surface area contributed by atoms with Crippen molar-refractivity contribution in [1.82, 2.24) is 14.7 Å². The molecule has 20 heavy (non-hydrogen) atoms. The lowest BCUT2D eigenvalue weighted by Gasteiger charge is -2.17. The van der Waals surface area contributed by atoms with Crippen LogP contribution in [-0.4, -0.2) is 34.3 Å². The molecule has 2 rings (SSSR count). The fourth-order valence-electron chi connectivity index (χ4n) is 2.13. The van der Waals surface area contributed by atoms with Crippen LogP contribution in [0.5, 0.6) is 0 Å². The number of rotatable bonds is 8. The molecule has 0 spiro atoms. The number of aromatic nitrogens is 2. The van der Waals surface area contributed by atoms with E-state index >= 15 is 0 Å². The van der Waals surface area contributed by atoms with Gasteiger partial charge in [0.05, 0.1) is 18.4 Å². The summed E-state index contributed by atoms with van der Waals surface area (Å²) in [5.41, 5.74) is 2.45. The van der Waals surface area contributed by atoms with Crippen LogP contribution in [0.15, 0.2) is 23.8 Å². The molecule has 0 amide bonds. The van der Waals surface area contributed by atoms with Crippen molar-refractivity contribution in [3.8, 4) is 0 Å². The van der Waals surface area contributed by atoms with Crippen molar-refractivity contribution >= 4 is 17.0 Å². The molecule has 2 aromatic rings. The first kappa shape index (κ1) is 15.1. The molecule has 0 saturated heterocycles. The predicted molar refractivity (Wildman–Crippen MR) is 86.4 cm³/mol. The van der Waals surface area contributed by atoms with E-state index < -0.39 is 0 Å². The van der Waals surface area contributed by atoms with Crippen molar-refractivity contribution in [2.24, 2.45) is 0 Å². The van der Waals surface area contributed by atoms with Gasteiger partial charge in [-0.2, -0.15) is 5.10 Å². The van der Waals surface area contributed by atoms with Crippen LogP contribution in [0.2, 0.25) is 0 Å².